The summed E-state index contributed by atoms with van der Waals surface area (Å²) in [7, 11) is 0. The average Bonchev–Trinajstić information content (AvgIpc) is 3.17. The van der Waals surface area contributed by atoms with Crippen LogP contribution < -0.4 is 4.74 Å². The lowest BCUT2D eigenvalue weighted by molar-refractivity contribution is -0.124. The Morgan fingerprint density at radius 1 is 1.03 bits per heavy atom. The normalized spacial score (nSPS) is 19.5. The quantitative estimate of drug-likeness (QED) is 0.363. The molecule has 0 N–H and O–H groups in total. The van der Waals surface area contributed by atoms with Gasteiger partial charge in [0, 0.05) is 11.6 Å². The Morgan fingerprint density at radius 2 is 1.79 bits per heavy atom. The van der Waals surface area contributed by atoms with Crippen molar-refractivity contribution in [2.24, 2.45) is 4.99 Å². The molecular formula is C29H30N2O2S. The fourth-order valence-electron chi connectivity index (χ4n) is 4.79. The van der Waals surface area contributed by atoms with Gasteiger partial charge in [-0.25, -0.2) is 4.99 Å². The number of fused-ring (bicyclic) bond motifs is 1. The molecule has 1 aliphatic carbocycles. The second-order valence-corrected chi connectivity index (χ2v) is 9.95. The van der Waals surface area contributed by atoms with Crippen molar-refractivity contribution in [1.29, 1.82) is 0 Å². The lowest BCUT2D eigenvalue weighted by Gasteiger charge is -2.30. The number of benzene rings is 3. The summed E-state index contributed by atoms with van der Waals surface area (Å²) in [4.78, 5) is 21.4. The summed E-state index contributed by atoms with van der Waals surface area (Å²) in [5.41, 5.74) is 3.03. The molecule has 1 saturated heterocycles. The number of carbonyl (C=O) groups excluding carboxylic acids is 1. The van der Waals surface area contributed by atoms with Crippen LogP contribution in [0.3, 0.4) is 0 Å². The number of aliphatic imine (C=N–C) groups is 1. The first kappa shape index (κ1) is 22.7. The number of hydrogen-bond acceptors (Lipinski definition) is 4. The van der Waals surface area contributed by atoms with E-state index >= 15 is 0 Å². The summed E-state index contributed by atoms with van der Waals surface area (Å²) < 4.78 is 5.96. The van der Waals surface area contributed by atoms with Gasteiger partial charge in [-0.15, -0.1) is 0 Å². The van der Waals surface area contributed by atoms with Crippen LogP contribution in [0, 0.1) is 6.92 Å². The maximum absolute atomic E-state index is 13.8. The van der Waals surface area contributed by atoms with Gasteiger partial charge < -0.3 is 4.74 Å². The Hall–Kier alpha value is -3.05. The molecule has 0 bridgehead atoms. The third kappa shape index (κ3) is 4.62. The third-order valence-electron chi connectivity index (χ3n) is 6.54. The molecule has 5 rings (SSSR count). The number of aryl methyl sites for hydroxylation is 1. The Kier molecular flexibility index (Phi) is 6.73. The maximum atomic E-state index is 13.8. The molecule has 2 aliphatic rings. The van der Waals surface area contributed by atoms with Gasteiger partial charge in [-0.2, -0.15) is 0 Å². The van der Waals surface area contributed by atoms with Crippen molar-refractivity contribution in [3.05, 3.63) is 76.7 Å². The van der Waals surface area contributed by atoms with Crippen LogP contribution in [0.2, 0.25) is 0 Å². The summed E-state index contributed by atoms with van der Waals surface area (Å²) in [6.45, 7) is 4.63. The third-order valence-corrected chi connectivity index (χ3v) is 7.52. The van der Waals surface area contributed by atoms with Crippen molar-refractivity contribution in [1.82, 2.24) is 4.90 Å². The van der Waals surface area contributed by atoms with Crippen LogP contribution in [0.4, 0.5) is 5.69 Å². The fourth-order valence-corrected chi connectivity index (χ4v) is 5.83. The fraction of sp³-hybridized carbons (Fsp3) is 0.310. The Morgan fingerprint density at radius 3 is 2.56 bits per heavy atom. The molecule has 0 spiro atoms. The van der Waals surface area contributed by atoms with Crippen LogP contribution >= 0.6 is 11.8 Å². The van der Waals surface area contributed by atoms with E-state index in [1.54, 1.807) is 0 Å². The second-order valence-electron chi connectivity index (χ2n) is 8.94. The summed E-state index contributed by atoms with van der Waals surface area (Å²) in [6.07, 6.45) is 7.64. The smallest absolute Gasteiger partial charge is 0.267 e. The van der Waals surface area contributed by atoms with E-state index in [-0.39, 0.29) is 11.9 Å². The van der Waals surface area contributed by atoms with Crippen molar-refractivity contribution in [3.8, 4) is 5.75 Å². The largest absolute Gasteiger partial charge is 0.493 e. The molecule has 174 valence electrons. The van der Waals surface area contributed by atoms with Gasteiger partial charge in [0.2, 0.25) is 0 Å². The highest BCUT2D eigenvalue weighted by Gasteiger charge is 2.38. The average molecular weight is 471 g/mol. The number of amides is 1. The predicted molar refractivity (Wildman–Crippen MR) is 143 cm³/mol. The number of carbonyl (C=O) groups is 1. The first-order valence-corrected chi connectivity index (χ1v) is 13.0. The molecule has 3 aromatic carbocycles. The standard InChI is InChI=1S/C29H30N2O2S/c1-3-33-26-18-15-21-9-7-8-12-24(21)25(26)19-27-28(32)31(23-10-5-4-6-11-23)29(34-27)30-22-16-13-20(2)14-17-22/h7-9,12-19,23H,3-6,10-11H2,1-2H3/b27-19+,30-29?. The monoisotopic (exact) mass is 470 g/mol. The molecular weight excluding hydrogens is 440 g/mol. The van der Waals surface area contributed by atoms with Crippen molar-refractivity contribution in [2.75, 3.05) is 6.61 Å². The van der Waals surface area contributed by atoms with E-state index in [1.807, 2.05) is 48.2 Å². The molecule has 5 heteroatoms. The topological polar surface area (TPSA) is 41.9 Å². The summed E-state index contributed by atoms with van der Waals surface area (Å²) in [6, 6.07) is 20.7. The lowest BCUT2D eigenvalue weighted by atomic mass is 9.94. The summed E-state index contributed by atoms with van der Waals surface area (Å²) >= 11 is 1.48. The van der Waals surface area contributed by atoms with E-state index in [0.717, 1.165) is 58.6 Å². The highest BCUT2D eigenvalue weighted by atomic mass is 32.2. The summed E-state index contributed by atoms with van der Waals surface area (Å²) in [5, 5.41) is 3.00. The van der Waals surface area contributed by atoms with Gasteiger partial charge in [-0.05, 0) is 73.5 Å². The van der Waals surface area contributed by atoms with Crippen LogP contribution in [0.1, 0.15) is 50.2 Å². The van der Waals surface area contributed by atoms with Crippen molar-refractivity contribution in [3.63, 3.8) is 0 Å². The molecule has 0 atom stereocenters. The number of ether oxygens (including phenoxy) is 1. The van der Waals surface area contributed by atoms with Crippen molar-refractivity contribution in [2.45, 2.75) is 52.0 Å². The van der Waals surface area contributed by atoms with Gasteiger partial charge in [-0.1, -0.05) is 67.3 Å². The van der Waals surface area contributed by atoms with E-state index in [9.17, 15) is 4.79 Å². The maximum Gasteiger partial charge on any atom is 0.267 e. The molecule has 0 unspecified atom stereocenters. The minimum atomic E-state index is 0.0538. The minimum absolute atomic E-state index is 0.0538. The zero-order valence-electron chi connectivity index (χ0n) is 19.8. The molecule has 34 heavy (non-hydrogen) atoms. The molecule has 3 aromatic rings. The Balaban J connectivity index is 1.59. The van der Waals surface area contributed by atoms with E-state index in [2.05, 4.69) is 37.3 Å². The second kappa shape index (κ2) is 10.1. The van der Waals surface area contributed by atoms with Crippen molar-refractivity contribution < 1.29 is 9.53 Å². The van der Waals surface area contributed by atoms with E-state index < -0.39 is 0 Å². The van der Waals surface area contributed by atoms with Crippen molar-refractivity contribution >= 4 is 45.4 Å². The zero-order valence-corrected chi connectivity index (χ0v) is 20.6. The van der Waals surface area contributed by atoms with Crippen LogP contribution in [0.15, 0.2) is 70.6 Å². The minimum Gasteiger partial charge on any atom is -0.493 e. The van der Waals surface area contributed by atoms with Gasteiger partial charge in [0.05, 0.1) is 17.2 Å². The number of thioether (sulfide) groups is 1. The van der Waals surface area contributed by atoms with Gasteiger partial charge in [0.25, 0.3) is 5.91 Å². The molecule has 1 aliphatic heterocycles. The number of rotatable bonds is 5. The van der Waals surface area contributed by atoms with Crippen LogP contribution in [0.25, 0.3) is 16.8 Å². The number of hydrogen-bond donors (Lipinski definition) is 0. The molecule has 0 radical (unpaired) electrons. The van der Waals surface area contributed by atoms with Gasteiger partial charge in [0.15, 0.2) is 5.17 Å². The van der Waals surface area contributed by atoms with Gasteiger partial charge >= 0.3 is 0 Å². The molecule has 1 saturated carbocycles. The van der Waals surface area contributed by atoms with E-state index in [4.69, 9.17) is 9.73 Å². The highest BCUT2D eigenvalue weighted by Crippen LogP contribution is 2.40. The molecule has 1 heterocycles. The Bertz CT molecular complexity index is 1260. The van der Waals surface area contributed by atoms with Crippen LogP contribution in [-0.4, -0.2) is 28.6 Å². The summed E-state index contributed by atoms with van der Waals surface area (Å²) in [5.74, 6) is 0.855. The van der Waals surface area contributed by atoms with E-state index in [1.165, 1.54) is 23.7 Å². The predicted octanol–water partition coefficient (Wildman–Crippen LogP) is 7.48. The molecule has 0 aromatic heterocycles. The molecule has 1 amide bonds. The zero-order chi connectivity index (χ0) is 23.5. The van der Waals surface area contributed by atoms with E-state index in [0.29, 0.717) is 11.5 Å². The van der Waals surface area contributed by atoms with Crippen LogP contribution in [-0.2, 0) is 4.79 Å². The first-order valence-electron chi connectivity index (χ1n) is 12.2. The highest BCUT2D eigenvalue weighted by molar-refractivity contribution is 8.18. The number of amidine groups is 1. The molecule has 4 nitrogen and oxygen atoms in total. The SMILES string of the molecule is CCOc1ccc2ccccc2c1/C=C1/SC(=Nc2ccc(C)cc2)N(C2CCCCC2)C1=O. The van der Waals surface area contributed by atoms with Crippen LogP contribution in [0.5, 0.6) is 5.75 Å². The first-order chi connectivity index (χ1) is 16.6. The Labute approximate surface area is 205 Å². The van der Waals surface area contributed by atoms with Gasteiger partial charge in [-0.3, -0.25) is 9.69 Å². The lowest BCUT2D eigenvalue weighted by Crippen LogP contribution is -2.40. The van der Waals surface area contributed by atoms with Gasteiger partial charge in [0.1, 0.15) is 5.75 Å². The molecule has 2 fully saturated rings. The number of nitrogens with zero attached hydrogens (tertiary/aromatic N) is 2.